The monoisotopic (exact) mass is 323 g/mol. The Labute approximate surface area is 118 Å². The lowest BCUT2D eigenvalue weighted by Crippen LogP contribution is -2.22. The number of halogens is 2. The minimum Gasteiger partial charge on any atom is -0.508 e. The van der Waals surface area contributed by atoms with Crippen LogP contribution in [0.4, 0.5) is 4.39 Å². The van der Waals surface area contributed by atoms with Gasteiger partial charge in [-0.25, -0.2) is 4.39 Å². The Morgan fingerprint density at radius 1 is 1.26 bits per heavy atom. The topological polar surface area (TPSA) is 49.3 Å². The number of nitrogens with one attached hydrogen (secondary N) is 1. The number of amides is 1. The second kappa shape index (κ2) is 5.84. The molecule has 0 fully saturated rings. The van der Waals surface area contributed by atoms with Crippen molar-refractivity contribution in [1.29, 1.82) is 0 Å². The fourth-order valence-electron chi connectivity index (χ4n) is 1.62. The van der Waals surface area contributed by atoms with Crippen LogP contribution >= 0.6 is 15.9 Å². The van der Waals surface area contributed by atoms with Gasteiger partial charge in [-0.3, -0.25) is 4.79 Å². The molecule has 2 aromatic carbocycles. The molecular formula is C14H11BrFNO2. The van der Waals surface area contributed by atoms with E-state index in [0.29, 0.717) is 10.0 Å². The molecule has 2 N–H and O–H groups in total. The highest BCUT2D eigenvalue weighted by atomic mass is 79.9. The van der Waals surface area contributed by atoms with E-state index in [4.69, 9.17) is 0 Å². The zero-order valence-corrected chi connectivity index (χ0v) is 11.4. The number of carbonyl (C=O) groups excluding carboxylic acids is 1. The molecule has 0 aliphatic carbocycles. The SMILES string of the molecule is O=C(NCc1ccccc1O)c1cc(F)cc(Br)c1. The van der Waals surface area contributed by atoms with E-state index in [9.17, 15) is 14.3 Å². The van der Waals surface area contributed by atoms with Gasteiger partial charge in [0.15, 0.2) is 0 Å². The van der Waals surface area contributed by atoms with Gasteiger partial charge in [-0.15, -0.1) is 0 Å². The fraction of sp³-hybridized carbons (Fsp3) is 0.0714. The number of phenols is 1. The summed E-state index contributed by atoms with van der Waals surface area (Å²) in [6.45, 7) is 0.180. The Hall–Kier alpha value is -1.88. The van der Waals surface area contributed by atoms with Crippen molar-refractivity contribution in [2.24, 2.45) is 0 Å². The lowest BCUT2D eigenvalue weighted by atomic mass is 10.1. The largest absolute Gasteiger partial charge is 0.508 e. The molecule has 0 aliphatic rings. The fourth-order valence-corrected chi connectivity index (χ4v) is 2.09. The highest BCUT2D eigenvalue weighted by molar-refractivity contribution is 9.10. The van der Waals surface area contributed by atoms with Gasteiger partial charge in [0.05, 0.1) is 0 Å². The van der Waals surface area contributed by atoms with Crippen LogP contribution < -0.4 is 5.32 Å². The van der Waals surface area contributed by atoms with Crippen molar-refractivity contribution in [3.63, 3.8) is 0 Å². The predicted octanol–water partition coefficient (Wildman–Crippen LogP) is 3.22. The predicted molar refractivity (Wildman–Crippen MR) is 73.4 cm³/mol. The molecule has 2 rings (SSSR count). The first kappa shape index (κ1) is 13.5. The van der Waals surface area contributed by atoms with Crippen LogP contribution in [0.15, 0.2) is 46.9 Å². The molecule has 19 heavy (non-hydrogen) atoms. The number of benzene rings is 2. The summed E-state index contributed by atoms with van der Waals surface area (Å²) in [5, 5.41) is 12.2. The van der Waals surface area contributed by atoms with Crippen molar-refractivity contribution in [2.45, 2.75) is 6.54 Å². The summed E-state index contributed by atoms with van der Waals surface area (Å²) in [4.78, 5) is 11.9. The molecule has 0 atom stereocenters. The third-order valence-electron chi connectivity index (χ3n) is 2.56. The smallest absolute Gasteiger partial charge is 0.251 e. The lowest BCUT2D eigenvalue weighted by Gasteiger charge is -2.07. The molecule has 0 heterocycles. The summed E-state index contributed by atoms with van der Waals surface area (Å²) in [7, 11) is 0. The van der Waals surface area contributed by atoms with Crippen LogP contribution in [-0.4, -0.2) is 11.0 Å². The number of rotatable bonds is 3. The molecule has 98 valence electrons. The number of hydrogen-bond acceptors (Lipinski definition) is 2. The van der Waals surface area contributed by atoms with Crippen LogP contribution in [0.25, 0.3) is 0 Å². The van der Waals surface area contributed by atoms with Crippen LogP contribution in [0.1, 0.15) is 15.9 Å². The van der Waals surface area contributed by atoms with E-state index in [0.717, 1.165) is 6.07 Å². The van der Waals surface area contributed by atoms with Crippen molar-refractivity contribution in [3.8, 4) is 5.75 Å². The summed E-state index contributed by atoms with van der Waals surface area (Å²) in [6, 6.07) is 10.7. The normalized spacial score (nSPS) is 10.2. The van der Waals surface area contributed by atoms with Crippen molar-refractivity contribution < 1.29 is 14.3 Å². The molecule has 2 aromatic rings. The first-order chi connectivity index (χ1) is 9.06. The Kier molecular flexibility index (Phi) is 4.16. The number of para-hydroxylation sites is 1. The van der Waals surface area contributed by atoms with E-state index >= 15 is 0 Å². The maximum atomic E-state index is 13.2. The van der Waals surface area contributed by atoms with Gasteiger partial charge >= 0.3 is 0 Å². The van der Waals surface area contributed by atoms with E-state index in [1.807, 2.05) is 0 Å². The van der Waals surface area contributed by atoms with Gasteiger partial charge in [-0.1, -0.05) is 34.1 Å². The first-order valence-electron chi connectivity index (χ1n) is 5.57. The van der Waals surface area contributed by atoms with Crippen LogP contribution in [-0.2, 0) is 6.54 Å². The first-order valence-corrected chi connectivity index (χ1v) is 6.37. The van der Waals surface area contributed by atoms with E-state index in [1.165, 1.54) is 12.1 Å². The molecule has 0 aromatic heterocycles. The zero-order chi connectivity index (χ0) is 13.8. The van der Waals surface area contributed by atoms with Gasteiger partial charge in [0.2, 0.25) is 0 Å². The highest BCUT2D eigenvalue weighted by Gasteiger charge is 2.09. The number of hydrogen-bond donors (Lipinski definition) is 2. The minimum atomic E-state index is -0.484. The van der Waals surface area contributed by atoms with Crippen LogP contribution in [0.5, 0.6) is 5.75 Å². The van der Waals surface area contributed by atoms with Crippen molar-refractivity contribution in [1.82, 2.24) is 5.32 Å². The van der Waals surface area contributed by atoms with E-state index < -0.39 is 11.7 Å². The number of carbonyl (C=O) groups is 1. The Morgan fingerprint density at radius 3 is 2.68 bits per heavy atom. The molecule has 0 unspecified atom stereocenters. The van der Waals surface area contributed by atoms with Gasteiger partial charge in [0, 0.05) is 22.1 Å². The number of aromatic hydroxyl groups is 1. The van der Waals surface area contributed by atoms with Crippen molar-refractivity contribution >= 4 is 21.8 Å². The highest BCUT2D eigenvalue weighted by Crippen LogP contribution is 2.17. The van der Waals surface area contributed by atoms with E-state index in [2.05, 4.69) is 21.2 Å². The number of phenolic OH excluding ortho intramolecular Hbond substituents is 1. The average Bonchev–Trinajstić information content (AvgIpc) is 2.36. The Balaban J connectivity index is 2.08. The van der Waals surface area contributed by atoms with Crippen LogP contribution in [0.2, 0.25) is 0 Å². The Bertz CT molecular complexity index is 596. The third-order valence-corrected chi connectivity index (χ3v) is 3.01. The molecule has 0 saturated carbocycles. The van der Waals surface area contributed by atoms with Gasteiger partial charge < -0.3 is 10.4 Å². The molecular weight excluding hydrogens is 313 g/mol. The zero-order valence-electron chi connectivity index (χ0n) is 9.86. The maximum absolute atomic E-state index is 13.2. The Morgan fingerprint density at radius 2 is 2.00 bits per heavy atom. The standard InChI is InChI=1S/C14H11BrFNO2/c15-11-5-10(6-12(16)7-11)14(19)17-8-9-3-1-2-4-13(9)18/h1-7,18H,8H2,(H,17,19). The second-order valence-electron chi connectivity index (χ2n) is 3.97. The van der Waals surface area contributed by atoms with Gasteiger partial charge in [-0.2, -0.15) is 0 Å². The third kappa shape index (κ3) is 3.54. The molecule has 0 spiro atoms. The average molecular weight is 324 g/mol. The van der Waals surface area contributed by atoms with E-state index in [1.54, 1.807) is 24.3 Å². The summed E-state index contributed by atoms with van der Waals surface area (Å²) in [5.74, 6) is -0.770. The summed E-state index contributed by atoms with van der Waals surface area (Å²) < 4.78 is 13.7. The van der Waals surface area contributed by atoms with Gasteiger partial charge in [0.1, 0.15) is 11.6 Å². The summed E-state index contributed by atoms with van der Waals surface area (Å²) in [6.07, 6.45) is 0. The second-order valence-corrected chi connectivity index (χ2v) is 4.89. The van der Waals surface area contributed by atoms with Crippen molar-refractivity contribution in [2.75, 3.05) is 0 Å². The molecule has 3 nitrogen and oxygen atoms in total. The van der Waals surface area contributed by atoms with E-state index in [-0.39, 0.29) is 17.9 Å². The molecule has 1 amide bonds. The van der Waals surface area contributed by atoms with Crippen molar-refractivity contribution in [3.05, 3.63) is 63.9 Å². The summed E-state index contributed by atoms with van der Waals surface area (Å²) >= 11 is 3.13. The summed E-state index contributed by atoms with van der Waals surface area (Å²) in [5.41, 5.74) is 0.827. The van der Waals surface area contributed by atoms with Crippen LogP contribution in [0.3, 0.4) is 0 Å². The van der Waals surface area contributed by atoms with Gasteiger partial charge in [0.25, 0.3) is 5.91 Å². The maximum Gasteiger partial charge on any atom is 0.251 e. The molecule has 5 heteroatoms. The lowest BCUT2D eigenvalue weighted by molar-refractivity contribution is 0.0950. The molecule has 0 saturated heterocycles. The molecule has 0 bridgehead atoms. The van der Waals surface area contributed by atoms with Gasteiger partial charge in [-0.05, 0) is 24.3 Å². The molecule has 0 aliphatic heterocycles. The van der Waals surface area contributed by atoms with Crippen LogP contribution in [0, 0.1) is 5.82 Å². The molecule has 0 radical (unpaired) electrons. The minimum absolute atomic E-state index is 0.114. The quantitative estimate of drug-likeness (QED) is 0.911.